The normalized spacial score (nSPS) is 20.1. The van der Waals surface area contributed by atoms with E-state index in [0.717, 1.165) is 16.7 Å². The van der Waals surface area contributed by atoms with Crippen molar-refractivity contribution in [2.45, 2.75) is 13.3 Å². The summed E-state index contributed by atoms with van der Waals surface area (Å²) in [6.07, 6.45) is 0.314. The number of carboxylic acids is 1. The summed E-state index contributed by atoms with van der Waals surface area (Å²) in [5, 5.41) is 9.17. The first kappa shape index (κ1) is 16.2. The number of carbonyl (C=O) groups is 2. The van der Waals surface area contributed by atoms with E-state index in [1.165, 1.54) is 0 Å². The van der Waals surface area contributed by atoms with Crippen molar-refractivity contribution in [2.75, 3.05) is 13.1 Å². The van der Waals surface area contributed by atoms with Crippen LogP contribution in [-0.4, -0.2) is 35.0 Å². The fraction of sp³-hybridized carbons (Fsp3) is 0.300. The first-order valence-corrected chi connectivity index (χ1v) is 8.19. The van der Waals surface area contributed by atoms with E-state index in [1.54, 1.807) is 4.90 Å². The molecule has 2 atom stereocenters. The fourth-order valence-corrected chi connectivity index (χ4v) is 3.22. The van der Waals surface area contributed by atoms with E-state index >= 15 is 0 Å². The Morgan fingerprint density at radius 2 is 1.62 bits per heavy atom. The van der Waals surface area contributed by atoms with Crippen LogP contribution >= 0.6 is 0 Å². The SMILES string of the molecule is C[C@@H]1CN(C(=O)Cc2ccc(-c3ccccc3)cc2)C[C@H]1C(=O)O. The van der Waals surface area contributed by atoms with Gasteiger partial charge in [-0.15, -0.1) is 0 Å². The molecule has 0 aliphatic carbocycles. The van der Waals surface area contributed by atoms with Crippen molar-refractivity contribution < 1.29 is 14.7 Å². The lowest BCUT2D eigenvalue weighted by molar-refractivity contribution is -0.142. The number of amides is 1. The van der Waals surface area contributed by atoms with Gasteiger partial charge in [0.1, 0.15) is 0 Å². The molecular formula is C20H21NO3. The molecule has 1 amide bonds. The molecule has 0 aromatic heterocycles. The van der Waals surface area contributed by atoms with Crippen molar-refractivity contribution in [3.05, 3.63) is 60.2 Å². The number of likely N-dealkylation sites (tertiary alicyclic amines) is 1. The van der Waals surface area contributed by atoms with Crippen molar-refractivity contribution in [1.29, 1.82) is 0 Å². The number of hydrogen-bond donors (Lipinski definition) is 1. The second kappa shape index (κ2) is 6.87. The standard InChI is InChI=1S/C20H21NO3/c1-14-12-21(13-18(14)20(23)24)19(22)11-15-7-9-17(10-8-15)16-5-3-2-4-6-16/h2-10,14,18H,11-13H2,1H3,(H,23,24)/t14-,18-/m1/s1. The Balaban J connectivity index is 1.64. The van der Waals surface area contributed by atoms with Crippen LogP contribution in [0.25, 0.3) is 11.1 Å². The zero-order chi connectivity index (χ0) is 17.1. The number of carbonyl (C=O) groups excluding carboxylic acids is 1. The zero-order valence-electron chi connectivity index (χ0n) is 13.7. The molecule has 0 radical (unpaired) electrons. The number of nitrogens with zero attached hydrogens (tertiary/aromatic N) is 1. The van der Waals surface area contributed by atoms with Gasteiger partial charge in [-0.05, 0) is 22.6 Å². The fourth-order valence-electron chi connectivity index (χ4n) is 3.22. The monoisotopic (exact) mass is 323 g/mol. The van der Waals surface area contributed by atoms with Crippen molar-refractivity contribution in [2.24, 2.45) is 11.8 Å². The van der Waals surface area contributed by atoms with Crippen LogP contribution in [0.1, 0.15) is 12.5 Å². The summed E-state index contributed by atoms with van der Waals surface area (Å²) in [7, 11) is 0. The third-order valence-corrected chi connectivity index (χ3v) is 4.70. The molecule has 4 heteroatoms. The Bertz CT molecular complexity index is 724. The molecular weight excluding hydrogens is 302 g/mol. The Morgan fingerprint density at radius 1 is 1.00 bits per heavy atom. The van der Waals surface area contributed by atoms with E-state index in [2.05, 4.69) is 12.1 Å². The van der Waals surface area contributed by atoms with Crippen LogP contribution < -0.4 is 0 Å². The third-order valence-electron chi connectivity index (χ3n) is 4.70. The second-order valence-electron chi connectivity index (χ2n) is 6.46. The minimum atomic E-state index is -0.815. The third kappa shape index (κ3) is 3.48. The topological polar surface area (TPSA) is 57.6 Å². The summed E-state index contributed by atoms with van der Waals surface area (Å²) in [6, 6.07) is 18.1. The summed E-state index contributed by atoms with van der Waals surface area (Å²) in [5.74, 6) is -1.26. The number of carboxylic acid groups (broad SMARTS) is 1. The Hall–Kier alpha value is -2.62. The molecule has 0 spiro atoms. The maximum Gasteiger partial charge on any atom is 0.308 e. The van der Waals surface area contributed by atoms with Crippen LogP contribution in [0.2, 0.25) is 0 Å². The second-order valence-corrected chi connectivity index (χ2v) is 6.46. The number of benzene rings is 2. The van der Waals surface area contributed by atoms with E-state index in [4.69, 9.17) is 0 Å². The van der Waals surface area contributed by atoms with E-state index in [-0.39, 0.29) is 11.8 Å². The van der Waals surface area contributed by atoms with Crippen molar-refractivity contribution in [3.8, 4) is 11.1 Å². The molecule has 1 heterocycles. The van der Waals surface area contributed by atoms with Gasteiger partial charge in [0.15, 0.2) is 0 Å². The Labute approximate surface area is 141 Å². The first-order chi connectivity index (χ1) is 11.5. The Kier molecular flexibility index (Phi) is 4.65. The van der Waals surface area contributed by atoms with Gasteiger partial charge >= 0.3 is 5.97 Å². The smallest absolute Gasteiger partial charge is 0.308 e. The van der Waals surface area contributed by atoms with E-state index < -0.39 is 11.9 Å². The largest absolute Gasteiger partial charge is 0.481 e. The van der Waals surface area contributed by atoms with Gasteiger partial charge in [-0.3, -0.25) is 9.59 Å². The molecule has 0 unspecified atom stereocenters. The summed E-state index contributed by atoms with van der Waals surface area (Å²) < 4.78 is 0. The lowest BCUT2D eigenvalue weighted by Gasteiger charge is -2.16. The lowest BCUT2D eigenvalue weighted by atomic mass is 9.99. The molecule has 124 valence electrons. The molecule has 1 aliphatic rings. The van der Waals surface area contributed by atoms with Gasteiger partial charge in [-0.2, -0.15) is 0 Å². The number of hydrogen-bond acceptors (Lipinski definition) is 2. The van der Waals surface area contributed by atoms with E-state index in [1.807, 2.05) is 49.4 Å². The van der Waals surface area contributed by atoms with Gasteiger partial charge in [-0.1, -0.05) is 61.5 Å². The van der Waals surface area contributed by atoms with E-state index in [0.29, 0.717) is 19.5 Å². The number of rotatable bonds is 4. The predicted molar refractivity (Wildman–Crippen MR) is 92.5 cm³/mol. The van der Waals surface area contributed by atoms with Crippen molar-refractivity contribution >= 4 is 11.9 Å². The van der Waals surface area contributed by atoms with Gasteiger partial charge in [0.2, 0.25) is 5.91 Å². The van der Waals surface area contributed by atoms with Crippen LogP contribution in [0.15, 0.2) is 54.6 Å². The van der Waals surface area contributed by atoms with Crippen molar-refractivity contribution in [3.63, 3.8) is 0 Å². The molecule has 1 saturated heterocycles. The summed E-state index contributed by atoms with van der Waals surface area (Å²) in [5.41, 5.74) is 3.21. The molecule has 4 nitrogen and oxygen atoms in total. The minimum Gasteiger partial charge on any atom is -0.481 e. The molecule has 2 aromatic rings. The Morgan fingerprint density at radius 3 is 2.21 bits per heavy atom. The molecule has 1 fully saturated rings. The zero-order valence-corrected chi connectivity index (χ0v) is 13.7. The minimum absolute atomic E-state index is 0.00180. The highest BCUT2D eigenvalue weighted by atomic mass is 16.4. The molecule has 1 aliphatic heterocycles. The highest BCUT2D eigenvalue weighted by molar-refractivity contribution is 5.81. The molecule has 0 bridgehead atoms. The maximum absolute atomic E-state index is 12.4. The lowest BCUT2D eigenvalue weighted by Crippen LogP contribution is -2.31. The van der Waals surface area contributed by atoms with Crippen LogP contribution in [0.4, 0.5) is 0 Å². The van der Waals surface area contributed by atoms with Gasteiger partial charge in [0.25, 0.3) is 0 Å². The van der Waals surface area contributed by atoms with E-state index in [9.17, 15) is 14.7 Å². The van der Waals surface area contributed by atoms with Crippen LogP contribution in [0.3, 0.4) is 0 Å². The predicted octanol–water partition coefficient (Wildman–Crippen LogP) is 3.08. The number of aliphatic carboxylic acids is 1. The van der Waals surface area contributed by atoms with Crippen LogP contribution in [0, 0.1) is 11.8 Å². The highest BCUT2D eigenvalue weighted by Gasteiger charge is 2.36. The first-order valence-electron chi connectivity index (χ1n) is 8.19. The maximum atomic E-state index is 12.4. The summed E-state index contributed by atoms with van der Waals surface area (Å²) >= 11 is 0. The molecule has 3 rings (SSSR count). The van der Waals surface area contributed by atoms with Crippen LogP contribution in [0.5, 0.6) is 0 Å². The summed E-state index contributed by atoms with van der Waals surface area (Å²) in [4.78, 5) is 25.3. The van der Waals surface area contributed by atoms with Gasteiger partial charge in [0, 0.05) is 13.1 Å². The molecule has 1 N–H and O–H groups in total. The average molecular weight is 323 g/mol. The summed E-state index contributed by atoms with van der Waals surface area (Å²) in [6.45, 7) is 2.73. The van der Waals surface area contributed by atoms with Gasteiger partial charge in [0.05, 0.1) is 12.3 Å². The van der Waals surface area contributed by atoms with Gasteiger partial charge in [-0.25, -0.2) is 0 Å². The quantitative estimate of drug-likeness (QED) is 0.941. The average Bonchev–Trinajstić information content (AvgIpc) is 2.99. The van der Waals surface area contributed by atoms with Gasteiger partial charge < -0.3 is 10.0 Å². The van der Waals surface area contributed by atoms with Crippen molar-refractivity contribution in [1.82, 2.24) is 4.90 Å². The molecule has 24 heavy (non-hydrogen) atoms. The molecule has 2 aromatic carbocycles. The van der Waals surface area contributed by atoms with Crippen LogP contribution in [-0.2, 0) is 16.0 Å². The highest BCUT2D eigenvalue weighted by Crippen LogP contribution is 2.24. The molecule has 0 saturated carbocycles.